The molecule has 0 amide bonds. The molecule has 9 aliphatic rings. The van der Waals surface area contributed by atoms with Gasteiger partial charge in [0.2, 0.25) is 0 Å². The van der Waals surface area contributed by atoms with E-state index in [1.54, 1.807) is 0 Å². The summed E-state index contributed by atoms with van der Waals surface area (Å²) in [6.07, 6.45) is -102. The molecule has 33 N–H and O–H groups in total. The van der Waals surface area contributed by atoms with E-state index in [1.165, 1.54) is 0 Å². The van der Waals surface area contributed by atoms with Crippen molar-refractivity contribution in [1.29, 1.82) is 0 Å². The Balaban J connectivity index is 0.874. The second-order valence-electron chi connectivity index (χ2n) is 27.8. The van der Waals surface area contributed by atoms with E-state index in [4.69, 9.17) is 103 Å². The first-order valence-corrected chi connectivity index (χ1v) is 40.0. The molecule has 67 heteroatoms. The predicted molar refractivity (Wildman–Crippen MR) is 349 cm³/mol. The number of carboxylic acid groups (broad SMARTS) is 5. The van der Waals surface area contributed by atoms with E-state index < -0.39 is 374 Å². The molecule has 9 fully saturated rings. The average molecular weight is 1860 g/mol. The number of hydrogen-bond donors (Lipinski definition) is 29. The number of hydrogen-bond acceptors (Lipinski definition) is 54. The third-order valence-corrected chi connectivity index (χ3v) is 21.5. The Labute approximate surface area is 675 Å². The van der Waals surface area contributed by atoms with E-state index >= 15 is 0 Å². The summed E-state index contributed by atoms with van der Waals surface area (Å²) in [5.41, 5.74) is 24.7. The third-order valence-electron chi connectivity index (χ3n) is 19.7. The fraction of sp³-hybridized carbons (Fsp3) is 0.907. The molecule has 0 aromatic heterocycles. The molecule has 0 unspecified atom stereocenters. The Morgan fingerprint density at radius 2 is 0.421 bits per heavy atom. The Kier molecular flexibility index (Phi) is 33.0. The zero-order chi connectivity index (χ0) is 90.5. The van der Waals surface area contributed by atoms with E-state index in [0.29, 0.717) is 0 Å². The number of rotatable bonds is 33. The van der Waals surface area contributed by atoms with Gasteiger partial charge in [-0.05, 0) is 0 Å². The molecule has 0 bridgehead atoms. The summed E-state index contributed by atoms with van der Waals surface area (Å²) >= 11 is 0. The van der Waals surface area contributed by atoms with E-state index in [9.17, 15) is 183 Å². The van der Waals surface area contributed by atoms with Crippen LogP contribution in [0.3, 0.4) is 0 Å². The lowest BCUT2D eigenvalue weighted by Crippen LogP contribution is -2.70. The standard InChI is InChI=1S/C54H86N4O59S4/c55-9-14(60)29(6(2-98-119(88,89)90)101-47(9)110-32-19(65)23(69)46(84)105-37(32)42(76)77)107-52-25(71)21(67)34(39(115-52)44(80)81)112-49-11(57)16(62)31(8(103-49)4-100-121(94,95)96)109-54-27(73)22(68)35(40(117-54)45(82)83)113-50-12(58)15(61)30(7(104-50)3-99-120(91,92)93)108-53-26(72)20(66)33(38(116-53)43(78)79)111-48-10(56)13(59)28(5(102-48)1-97-118(85,86)87)106-51-24(70)17(63)18(64)36(114-51)41(74)75/h5-40,46-54,59-73,84H,1-4,55-58H2,(H,74,75)(H,76,77)(H,78,79)(H,80,81)(H,82,83)(H,85,86,87)(H,88,89,90)(H,91,92,93)(H,94,95,96)/t5-,6-,7-,8-,9-,10-,11-,12-,13-,14-,15-,16-,17+,18+,19-,20-,21-,22-,23-,24-,25-,26-,27-,28-,29-,30-,31-,32+,33+,34+,35+,36+,37+,38+,39+,40-,46+,47+,48+,49+,50+,51+,52+,53+,54-/m1/s1. The van der Waals surface area contributed by atoms with Gasteiger partial charge in [0.1, 0.15) is 165 Å². The lowest BCUT2D eigenvalue weighted by Gasteiger charge is -2.50. The molecule has 9 saturated heterocycles. The first-order chi connectivity index (χ1) is 55.9. The Hall–Kier alpha value is -4.65. The maximum atomic E-state index is 13.1. The number of carbonyl (C=O) groups is 5. The molecule has 45 atom stereocenters. The molecule has 0 aromatic rings. The summed E-state index contributed by atoms with van der Waals surface area (Å²) in [5, 5.41) is 228. The highest BCUT2D eigenvalue weighted by Gasteiger charge is 2.63. The zero-order valence-electron chi connectivity index (χ0n) is 60.3. The van der Waals surface area contributed by atoms with Crippen LogP contribution in [0.1, 0.15) is 0 Å². The smallest absolute Gasteiger partial charge is 0.397 e. The zero-order valence-corrected chi connectivity index (χ0v) is 63.6. The van der Waals surface area contributed by atoms with Gasteiger partial charge in [0.05, 0.1) is 50.6 Å². The van der Waals surface area contributed by atoms with Crippen molar-refractivity contribution >= 4 is 71.4 Å². The second-order valence-corrected chi connectivity index (χ2v) is 32.2. The number of aliphatic carboxylic acids is 5. The molecule has 9 rings (SSSR count). The molecule has 121 heavy (non-hydrogen) atoms. The fourth-order valence-corrected chi connectivity index (χ4v) is 14.8. The Morgan fingerprint density at radius 1 is 0.231 bits per heavy atom. The average Bonchev–Trinajstić information content (AvgIpc) is 0.770. The molecule has 0 saturated carbocycles. The van der Waals surface area contributed by atoms with Crippen molar-refractivity contribution in [2.45, 2.75) is 276 Å². The van der Waals surface area contributed by atoms with Crippen LogP contribution in [0.4, 0.5) is 0 Å². The molecule has 9 heterocycles. The summed E-state index contributed by atoms with van der Waals surface area (Å²) in [7, 11) is -22.2. The van der Waals surface area contributed by atoms with Gasteiger partial charge >= 0.3 is 71.4 Å². The van der Waals surface area contributed by atoms with Gasteiger partial charge in [-0.15, -0.1) is 0 Å². The minimum Gasteiger partial charge on any atom is -0.479 e. The van der Waals surface area contributed by atoms with E-state index in [0.717, 1.165) is 0 Å². The number of nitrogens with two attached hydrogens (primary N) is 4. The molecule has 0 spiro atoms. The second kappa shape index (κ2) is 39.9. The van der Waals surface area contributed by atoms with Gasteiger partial charge in [-0.1, -0.05) is 0 Å². The van der Waals surface area contributed by atoms with Crippen LogP contribution in [0.25, 0.3) is 0 Å². The Morgan fingerprint density at radius 3 is 0.636 bits per heavy atom. The maximum Gasteiger partial charge on any atom is 0.397 e. The first-order valence-electron chi connectivity index (χ1n) is 34.6. The lowest BCUT2D eigenvalue weighted by molar-refractivity contribution is -0.381. The quantitative estimate of drug-likeness (QED) is 0.0271. The summed E-state index contributed by atoms with van der Waals surface area (Å²) in [5.74, 6) is -10.4. The molecule has 9 aliphatic heterocycles. The number of carboxylic acids is 5. The lowest BCUT2D eigenvalue weighted by atomic mass is 9.94. The van der Waals surface area contributed by atoms with Crippen LogP contribution in [0.15, 0.2) is 0 Å². The van der Waals surface area contributed by atoms with Crippen LogP contribution in [-0.2, 0) is 163 Å². The molecule has 0 aliphatic carbocycles. The largest absolute Gasteiger partial charge is 0.479 e. The van der Waals surface area contributed by atoms with E-state index in [1.807, 2.05) is 0 Å². The number of aliphatic hydroxyl groups is 16. The van der Waals surface area contributed by atoms with Crippen molar-refractivity contribution in [3.05, 3.63) is 0 Å². The van der Waals surface area contributed by atoms with Crippen molar-refractivity contribution in [1.82, 2.24) is 0 Å². The third kappa shape index (κ3) is 23.5. The van der Waals surface area contributed by atoms with Crippen molar-refractivity contribution < 1.29 is 280 Å². The van der Waals surface area contributed by atoms with Gasteiger partial charge < -0.3 is 211 Å². The number of ether oxygens (including phenoxy) is 17. The Bertz CT molecular complexity index is 4020. The normalized spacial score (nSPS) is 46.8. The van der Waals surface area contributed by atoms with Gasteiger partial charge in [-0.25, -0.2) is 40.7 Å². The molecule has 0 radical (unpaired) electrons. The molecular formula is C54H86N4O59S4. The van der Waals surface area contributed by atoms with Gasteiger partial charge in [-0.3, -0.25) is 18.2 Å². The van der Waals surface area contributed by atoms with Crippen LogP contribution in [0.5, 0.6) is 0 Å². The summed E-state index contributed by atoms with van der Waals surface area (Å²) in [6.45, 7) is -6.11. The minimum atomic E-state index is -5.63. The first kappa shape index (κ1) is 100. The van der Waals surface area contributed by atoms with Crippen LogP contribution in [-0.4, -0.2) is 491 Å². The van der Waals surface area contributed by atoms with E-state index in [2.05, 4.69) is 16.7 Å². The molecule has 0 aromatic carbocycles. The van der Waals surface area contributed by atoms with Crippen molar-refractivity contribution in [3.63, 3.8) is 0 Å². The van der Waals surface area contributed by atoms with Gasteiger partial charge in [0.25, 0.3) is 0 Å². The highest BCUT2D eigenvalue weighted by molar-refractivity contribution is 7.81. The summed E-state index contributed by atoms with van der Waals surface area (Å²) < 4.78 is 243. The van der Waals surface area contributed by atoms with Gasteiger partial charge in [-0.2, -0.15) is 33.7 Å². The van der Waals surface area contributed by atoms with Gasteiger partial charge in [0.15, 0.2) is 87.1 Å². The molecular weight excluding hydrogens is 1780 g/mol. The highest BCUT2D eigenvalue weighted by Crippen LogP contribution is 2.40. The topological polar surface area (TPSA) is 1030 Å². The van der Waals surface area contributed by atoms with Crippen molar-refractivity contribution in [2.75, 3.05) is 26.4 Å². The fourth-order valence-electron chi connectivity index (χ4n) is 13.6. The highest BCUT2D eigenvalue weighted by atomic mass is 32.3. The van der Waals surface area contributed by atoms with E-state index in [-0.39, 0.29) is 0 Å². The van der Waals surface area contributed by atoms with Crippen LogP contribution >= 0.6 is 0 Å². The molecule has 63 nitrogen and oxygen atoms in total. The summed E-state index contributed by atoms with van der Waals surface area (Å²) in [6, 6.07) is -8.82. The maximum absolute atomic E-state index is 13.1. The van der Waals surface area contributed by atoms with Crippen LogP contribution < -0.4 is 22.9 Å². The SMILES string of the molecule is N[C@H]1[C@H](O[C@H]2[C@H](O)[C@@H](O)[C@@H](O[C@H]3[C@H](O)[C@@H](N)[C@H](O[C@H]4[C@H](O)[C@@H](O)[C@H](O[C@H]5[C@H](O)[C@@H](N)[C@H](O[C@H]6[C@H](O)[C@@H](O)[C@@H](O[C@H]7[C@H](O)[C@@H](N)[C@H](O[C@H]8[C@H](O)[C@@H](O)[C@@H](O)O[C@@H]8C(=O)O)O[C@@H]7COS(=O)(=O)O)O[C@@H]6C(=O)O)O[C@@H]5COS(=O)(=O)O)O[C@H]4C(=O)O)O[C@@H]3COS(=O)(=O)O)O[C@@H]2C(=O)O)O[C@H](COS(=O)(=O)O)[C@@H](O[C@H]2O[C@H](C(=O)O)[C@@H](O)[C@H](O)[C@H]2O)[C@@H]1O. The predicted octanol–water partition coefficient (Wildman–Crippen LogP) is -21.0. The monoisotopic (exact) mass is 1860 g/mol. The number of aliphatic hydroxyl groups excluding tert-OH is 16. The van der Waals surface area contributed by atoms with Crippen LogP contribution in [0, 0.1) is 0 Å². The van der Waals surface area contributed by atoms with Crippen molar-refractivity contribution in [3.8, 4) is 0 Å². The van der Waals surface area contributed by atoms with Gasteiger partial charge in [0, 0.05) is 0 Å². The minimum absolute atomic E-state index is 1.45. The van der Waals surface area contributed by atoms with Crippen LogP contribution in [0.2, 0.25) is 0 Å². The van der Waals surface area contributed by atoms with Crippen molar-refractivity contribution in [2.24, 2.45) is 22.9 Å². The summed E-state index contributed by atoms with van der Waals surface area (Å²) in [4.78, 5) is 62.6. The molecule has 700 valence electrons.